The number of benzene rings is 1. The van der Waals surface area contributed by atoms with Crippen molar-refractivity contribution < 1.29 is 9.53 Å². The lowest BCUT2D eigenvalue weighted by molar-refractivity contribution is 0.213. The zero-order valence-electron chi connectivity index (χ0n) is 13.8. The number of hydrogen-bond acceptors (Lipinski definition) is 3. The van der Waals surface area contributed by atoms with Gasteiger partial charge in [0, 0.05) is 17.7 Å². The first-order chi connectivity index (χ1) is 11.5. The fraction of sp³-hybridized carbons (Fsp3) is 0.333. The van der Waals surface area contributed by atoms with Crippen LogP contribution in [-0.4, -0.2) is 23.7 Å². The van der Waals surface area contributed by atoms with E-state index in [1.54, 1.807) is 0 Å². The van der Waals surface area contributed by atoms with E-state index < -0.39 is 0 Å². The standard InChI is InChI=1S/C18H21N3O3/c1-11-7-12(2)21-17(22)15(11)10-20-18(23)19-9-14-8-13-5-3-4-6-16(13)24-14/h3-7,14H,8-10H2,1-2H3,(H,21,22)(H2,19,20,23)/t14-/m1/s1. The zero-order valence-corrected chi connectivity index (χ0v) is 13.8. The van der Waals surface area contributed by atoms with Crippen LogP contribution >= 0.6 is 0 Å². The first-order valence-corrected chi connectivity index (χ1v) is 7.98. The van der Waals surface area contributed by atoms with Gasteiger partial charge in [0.2, 0.25) is 0 Å². The smallest absolute Gasteiger partial charge is 0.315 e. The van der Waals surface area contributed by atoms with E-state index in [4.69, 9.17) is 4.74 Å². The number of amides is 2. The van der Waals surface area contributed by atoms with Crippen LogP contribution in [0.15, 0.2) is 35.1 Å². The Bertz CT molecular complexity index is 788. The minimum absolute atomic E-state index is 0.0577. The number of carbonyl (C=O) groups excluding carboxylic acids is 1. The lowest BCUT2D eigenvalue weighted by atomic mass is 10.1. The summed E-state index contributed by atoms with van der Waals surface area (Å²) in [6.45, 7) is 4.31. The summed E-state index contributed by atoms with van der Waals surface area (Å²) in [5.74, 6) is 0.881. The Hall–Kier alpha value is -2.76. The molecule has 0 fully saturated rings. The number of para-hydroxylation sites is 1. The highest BCUT2D eigenvalue weighted by molar-refractivity contribution is 5.73. The van der Waals surface area contributed by atoms with E-state index >= 15 is 0 Å². The summed E-state index contributed by atoms with van der Waals surface area (Å²) in [6.07, 6.45) is 0.727. The maximum absolute atomic E-state index is 11.9. The molecule has 2 heterocycles. The lowest BCUT2D eigenvalue weighted by Crippen LogP contribution is -2.41. The van der Waals surface area contributed by atoms with Gasteiger partial charge >= 0.3 is 6.03 Å². The number of pyridine rings is 1. The van der Waals surface area contributed by atoms with E-state index in [9.17, 15) is 9.59 Å². The Kier molecular flexibility index (Phi) is 4.55. The number of H-pyrrole nitrogens is 1. The third-order valence-corrected chi connectivity index (χ3v) is 4.12. The van der Waals surface area contributed by atoms with Gasteiger partial charge < -0.3 is 20.4 Å². The molecule has 1 aromatic heterocycles. The second-order valence-corrected chi connectivity index (χ2v) is 6.06. The van der Waals surface area contributed by atoms with Crippen molar-refractivity contribution in [3.8, 4) is 5.75 Å². The molecule has 126 valence electrons. The number of carbonyl (C=O) groups is 1. The third-order valence-electron chi connectivity index (χ3n) is 4.12. The number of rotatable bonds is 4. The zero-order chi connectivity index (χ0) is 17.1. The summed E-state index contributed by atoms with van der Waals surface area (Å²) in [4.78, 5) is 26.6. The minimum atomic E-state index is -0.311. The quantitative estimate of drug-likeness (QED) is 0.800. The van der Waals surface area contributed by atoms with E-state index in [1.165, 1.54) is 0 Å². The summed E-state index contributed by atoms with van der Waals surface area (Å²) >= 11 is 0. The number of hydrogen-bond donors (Lipinski definition) is 3. The van der Waals surface area contributed by atoms with Crippen LogP contribution in [0.4, 0.5) is 4.79 Å². The van der Waals surface area contributed by atoms with Gasteiger partial charge in [0.15, 0.2) is 0 Å². The van der Waals surface area contributed by atoms with E-state index in [0.29, 0.717) is 12.1 Å². The molecule has 24 heavy (non-hydrogen) atoms. The summed E-state index contributed by atoms with van der Waals surface area (Å²) in [7, 11) is 0. The first-order valence-electron chi connectivity index (χ1n) is 7.98. The topological polar surface area (TPSA) is 83.2 Å². The molecular weight excluding hydrogens is 306 g/mol. The van der Waals surface area contributed by atoms with Gasteiger partial charge in [0.25, 0.3) is 5.56 Å². The first kappa shape index (κ1) is 16.1. The molecule has 0 saturated carbocycles. The van der Waals surface area contributed by atoms with Crippen molar-refractivity contribution in [3.63, 3.8) is 0 Å². The lowest BCUT2D eigenvalue weighted by Gasteiger charge is -2.13. The van der Waals surface area contributed by atoms with Crippen LogP contribution in [-0.2, 0) is 13.0 Å². The van der Waals surface area contributed by atoms with Crippen molar-refractivity contribution in [2.24, 2.45) is 0 Å². The number of aryl methyl sites for hydroxylation is 2. The van der Waals surface area contributed by atoms with E-state index in [-0.39, 0.29) is 24.2 Å². The maximum Gasteiger partial charge on any atom is 0.315 e. The minimum Gasteiger partial charge on any atom is -0.488 e. The average molecular weight is 327 g/mol. The van der Waals surface area contributed by atoms with Crippen LogP contribution in [0.2, 0.25) is 0 Å². The van der Waals surface area contributed by atoms with Crippen molar-refractivity contribution in [3.05, 3.63) is 63.1 Å². The van der Waals surface area contributed by atoms with Gasteiger partial charge in [0.1, 0.15) is 11.9 Å². The average Bonchev–Trinajstić information content (AvgIpc) is 2.94. The molecule has 6 heteroatoms. The summed E-state index contributed by atoms with van der Waals surface area (Å²) < 4.78 is 5.77. The number of aromatic amines is 1. The Morgan fingerprint density at radius 1 is 1.29 bits per heavy atom. The van der Waals surface area contributed by atoms with Crippen LogP contribution in [0.25, 0.3) is 0 Å². The van der Waals surface area contributed by atoms with E-state index in [0.717, 1.165) is 29.0 Å². The molecular formula is C18H21N3O3. The van der Waals surface area contributed by atoms with Crippen LogP contribution in [0.3, 0.4) is 0 Å². The number of ether oxygens (including phenoxy) is 1. The normalized spacial score (nSPS) is 15.5. The highest BCUT2D eigenvalue weighted by atomic mass is 16.5. The summed E-state index contributed by atoms with van der Waals surface area (Å²) in [6, 6.07) is 9.45. The SMILES string of the molecule is Cc1cc(C)c(CNC(=O)NC[C@H]2Cc3ccccc3O2)c(=O)[nH]1. The molecule has 0 spiro atoms. The van der Waals surface area contributed by atoms with Gasteiger partial charge in [-0.25, -0.2) is 4.79 Å². The number of nitrogens with one attached hydrogen (secondary N) is 3. The molecule has 0 aliphatic carbocycles. The molecule has 1 atom stereocenters. The van der Waals surface area contributed by atoms with Crippen LogP contribution in [0, 0.1) is 13.8 Å². The molecule has 3 N–H and O–H groups in total. The molecule has 0 unspecified atom stereocenters. The van der Waals surface area contributed by atoms with Crippen molar-refractivity contribution in [2.75, 3.05) is 6.54 Å². The highest BCUT2D eigenvalue weighted by Crippen LogP contribution is 2.27. The molecule has 3 rings (SSSR count). The molecule has 1 aromatic carbocycles. The van der Waals surface area contributed by atoms with E-state index in [1.807, 2.05) is 44.2 Å². The fourth-order valence-electron chi connectivity index (χ4n) is 2.91. The predicted molar refractivity (Wildman–Crippen MR) is 91.3 cm³/mol. The molecule has 0 radical (unpaired) electrons. The molecule has 1 aliphatic heterocycles. The highest BCUT2D eigenvalue weighted by Gasteiger charge is 2.22. The van der Waals surface area contributed by atoms with Gasteiger partial charge in [0.05, 0.1) is 13.1 Å². The van der Waals surface area contributed by atoms with Gasteiger partial charge in [-0.2, -0.15) is 0 Å². The molecule has 2 aromatic rings. The second-order valence-electron chi connectivity index (χ2n) is 6.06. The van der Waals surface area contributed by atoms with Gasteiger partial charge in [-0.3, -0.25) is 4.79 Å². The second kappa shape index (κ2) is 6.78. The molecule has 6 nitrogen and oxygen atoms in total. The molecule has 0 saturated heterocycles. The van der Waals surface area contributed by atoms with Crippen molar-refractivity contribution in [1.82, 2.24) is 15.6 Å². The number of aromatic nitrogens is 1. The molecule has 0 bridgehead atoms. The fourth-order valence-corrected chi connectivity index (χ4v) is 2.91. The third kappa shape index (κ3) is 3.59. The molecule has 2 amide bonds. The Morgan fingerprint density at radius 2 is 2.08 bits per heavy atom. The maximum atomic E-state index is 11.9. The van der Waals surface area contributed by atoms with E-state index in [2.05, 4.69) is 15.6 Å². The van der Waals surface area contributed by atoms with Crippen molar-refractivity contribution in [1.29, 1.82) is 0 Å². The summed E-state index contributed by atoms with van der Waals surface area (Å²) in [5, 5.41) is 5.51. The monoisotopic (exact) mass is 327 g/mol. The van der Waals surface area contributed by atoms with Gasteiger partial charge in [-0.15, -0.1) is 0 Å². The van der Waals surface area contributed by atoms with Gasteiger partial charge in [-0.1, -0.05) is 18.2 Å². The predicted octanol–water partition coefficient (Wildman–Crippen LogP) is 1.79. The Morgan fingerprint density at radius 3 is 2.83 bits per heavy atom. The molecule has 1 aliphatic rings. The van der Waals surface area contributed by atoms with Crippen molar-refractivity contribution in [2.45, 2.75) is 32.9 Å². The van der Waals surface area contributed by atoms with Crippen LogP contribution in [0.1, 0.15) is 22.4 Å². The number of urea groups is 1. The Labute approximate surface area is 140 Å². The summed E-state index contributed by atoms with van der Waals surface area (Å²) in [5.41, 5.74) is 3.24. The van der Waals surface area contributed by atoms with Gasteiger partial charge in [-0.05, 0) is 37.1 Å². The van der Waals surface area contributed by atoms with Crippen LogP contribution in [0.5, 0.6) is 5.75 Å². The largest absolute Gasteiger partial charge is 0.488 e. The number of fused-ring (bicyclic) bond motifs is 1. The van der Waals surface area contributed by atoms with Crippen molar-refractivity contribution >= 4 is 6.03 Å². The Balaban J connectivity index is 1.48. The van der Waals surface area contributed by atoms with Crippen LogP contribution < -0.4 is 20.9 Å².